The molecule has 0 atom stereocenters. The SMILES string of the molecule is CCNCc1cc(OCCCF)ccc1Br. The maximum Gasteiger partial charge on any atom is 0.119 e. The molecule has 16 heavy (non-hydrogen) atoms. The third-order valence-corrected chi connectivity index (χ3v) is 2.90. The van der Waals surface area contributed by atoms with Crippen molar-refractivity contribution in [1.29, 1.82) is 0 Å². The van der Waals surface area contributed by atoms with Gasteiger partial charge in [-0.1, -0.05) is 22.9 Å². The molecule has 1 aromatic rings. The minimum absolute atomic E-state index is 0.333. The zero-order valence-electron chi connectivity index (χ0n) is 9.43. The van der Waals surface area contributed by atoms with E-state index in [1.165, 1.54) is 0 Å². The summed E-state index contributed by atoms with van der Waals surface area (Å²) < 4.78 is 18.4. The number of rotatable bonds is 7. The van der Waals surface area contributed by atoms with E-state index in [2.05, 4.69) is 28.2 Å². The molecular weight excluding hydrogens is 273 g/mol. The van der Waals surface area contributed by atoms with Gasteiger partial charge in [-0.15, -0.1) is 0 Å². The van der Waals surface area contributed by atoms with Gasteiger partial charge in [0.1, 0.15) is 5.75 Å². The van der Waals surface area contributed by atoms with E-state index in [1.54, 1.807) is 0 Å². The Labute approximate surface area is 104 Å². The number of nitrogens with one attached hydrogen (secondary N) is 1. The largest absolute Gasteiger partial charge is 0.493 e. The van der Waals surface area contributed by atoms with Crippen molar-refractivity contribution in [3.63, 3.8) is 0 Å². The van der Waals surface area contributed by atoms with Crippen LogP contribution in [0.25, 0.3) is 0 Å². The van der Waals surface area contributed by atoms with Crippen LogP contribution in [-0.4, -0.2) is 19.8 Å². The van der Waals surface area contributed by atoms with Crippen LogP contribution in [0.15, 0.2) is 22.7 Å². The van der Waals surface area contributed by atoms with E-state index >= 15 is 0 Å². The monoisotopic (exact) mass is 289 g/mol. The maximum atomic E-state index is 11.9. The highest BCUT2D eigenvalue weighted by Crippen LogP contribution is 2.22. The van der Waals surface area contributed by atoms with E-state index in [0.717, 1.165) is 28.9 Å². The molecule has 0 saturated heterocycles. The second-order valence-corrected chi connectivity index (χ2v) is 4.28. The maximum absolute atomic E-state index is 11.9. The molecule has 0 unspecified atom stereocenters. The summed E-state index contributed by atoms with van der Waals surface area (Å²) in [6, 6.07) is 5.82. The highest BCUT2D eigenvalue weighted by molar-refractivity contribution is 9.10. The molecule has 0 spiro atoms. The van der Waals surface area contributed by atoms with Crippen LogP contribution in [0.5, 0.6) is 5.75 Å². The van der Waals surface area contributed by atoms with Crippen molar-refractivity contribution < 1.29 is 9.13 Å². The number of hydrogen-bond donors (Lipinski definition) is 1. The minimum Gasteiger partial charge on any atom is -0.493 e. The van der Waals surface area contributed by atoms with Gasteiger partial charge in [0.25, 0.3) is 0 Å². The molecule has 0 aliphatic heterocycles. The first-order valence-corrected chi connectivity index (χ1v) is 6.25. The average molecular weight is 290 g/mol. The summed E-state index contributed by atoms with van der Waals surface area (Å²) in [6.45, 7) is 3.89. The molecular formula is C12H17BrFNO. The van der Waals surface area contributed by atoms with Crippen LogP contribution < -0.4 is 10.1 Å². The number of ether oxygens (including phenoxy) is 1. The van der Waals surface area contributed by atoms with Gasteiger partial charge < -0.3 is 10.1 Å². The molecule has 0 heterocycles. The molecule has 0 bridgehead atoms. The van der Waals surface area contributed by atoms with Crippen LogP contribution in [0.1, 0.15) is 18.9 Å². The van der Waals surface area contributed by atoms with E-state index < -0.39 is 0 Å². The molecule has 1 aromatic carbocycles. The van der Waals surface area contributed by atoms with Crippen LogP contribution in [-0.2, 0) is 6.54 Å². The predicted octanol–water partition coefficient (Wildman–Crippen LogP) is 3.30. The van der Waals surface area contributed by atoms with E-state index in [-0.39, 0.29) is 6.67 Å². The Bertz CT molecular complexity index is 320. The third-order valence-electron chi connectivity index (χ3n) is 2.13. The summed E-state index contributed by atoms with van der Waals surface area (Å²) in [5.41, 5.74) is 1.15. The second kappa shape index (κ2) is 7.63. The van der Waals surface area contributed by atoms with Crippen molar-refractivity contribution in [2.24, 2.45) is 0 Å². The minimum atomic E-state index is -0.333. The Hall–Kier alpha value is -0.610. The van der Waals surface area contributed by atoms with Gasteiger partial charge in [-0.05, 0) is 30.3 Å². The normalized spacial score (nSPS) is 10.4. The van der Waals surface area contributed by atoms with Gasteiger partial charge in [0.15, 0.2) is 0 Å². The number of hydrogen-bond acceptors (Lipinski definition) is 2. The van der Waals surface area contributed by atoms with Gasteiger partial charge in [-0.3, -0.25) is 4.39 Å². The van der Waals surface area contributed by atoms with E-state index in [4.69, 9.17) is 4.74 Å². The lowest BCUT2D eigenvalue weighted by atomic mass is 10.2. The molecule has 2 nitrogen and oxygen atoms in total. The average Bonchev–Trinajstić information content (AvgIpc) is 2.30. The highest BCUT2D eigenvalue weighted by atomic mass is 79.9. The van der Waals surface area contributed by atoms with Crippen molar-refractivity contribution in [3.05, 3.63) is 28.2 Å². The van der Waals surface area contributed by atoms with E-state index in [9.17, 15) is 4.39 Å². The Kier molecular flexibility index (Phi) is 6.42. The number of benzene rings is 1. The van der Waals surface area contributed by atoms with Gasteiger partial charge in [0, 0.05) is 17.4 Å². The summed E-state index contributed by atoms with van der Waals surface area (Å²) in [7, 11) is 0. The van der Waals surface area contributed by atoms with Crippen molar-refractivity contribution in [1.82, 2.24) is 5.32 Å². The van der Waals surface area contributed by atoms with Crippen LogP contribution in [0, 0.1) is 0 Å². The van der Waals surface area contributed by atoms with Gasteiger partial charge in [0.05, 0.1) is 13.3 Å². The van der Waals surface area contributed by atoms with E-state index in [0.29, 0.717) is 13.0 Å². The fourth-order valence-electron chi connectivity index (χ4n) is 1.28. The van der Waals surface area contributed by atoms with E-state index in [1.807, 2.05) is 18.2 Å². The topological polar surface area (TPSA) is 21.3 Å². The van der Waals surface area contributed by atoms with Gasteiger partial charge in [0.2, 0.25) is 0 Å². The molecule has 0 saturated carbocycles. The second-order valence-electron chi connectivity index (χ2n) is 3.42. The van der Waals surface area contributed by atoms with Crippen LogP contribution in [0.4, 0.5) is 4.39 Å². The molecule has 90 valence electrons. The summed E-state index contributed by atoms with van der Waals surface area (Å²) in [5.74, 6) is 0.796. The Morgan fingerprint density at radius 3 is 2.94 bits per heavy atom. The van der Waals surface area contributed by atoms with Crippen molar-refractivity contribution in [3.8, 4) is 5.75 Å². The van der Waals surface area contributed by atoms with Gasteiger partial charge in [-0.25, -0.2) is 0 Å². The standard InChI is InChI=1S/C12H17BrFNO/c1-2-15-9-10-8-11(4-5-12(10)13)16-7-3-6-14/h4-5,8,15H,2-3,6-7,9H2,1H3. The highest BCUT2D eigenvalue weighted by Gasteiger charge is 2.02. The van der Waals surface area contributed by atoms with Crippen molar-refractivity contribution in [2.45, 2.75) is 19.9 Å². The summed E-state index contributed by atoms with van der Waals surface area (Å²) >= 11 is 3.49. The molecule has 1 N–H and O–H groups in total. The van der Waals surface area contributed by atoms with Crippen LogP contribution in [0.2, 0.25) is 0 Å². The lowest BCUT2D eigenvalue weighted by Crippen LogP contribution is -2.12. The molecule has 4 heteroatoms. The quantitative estimate of drug-likeness (QED) is 0.778. The van der Waals surface area contributed by atoms with Crippen molar-refractivity contribution in [2.75, 3.05) is 19.8 Å². The summed E-state index contributed by atoms with van der Waals surface area (Å²) in [5, 5.41) is 3.25. The molecule has 0 aliphatic carbocycles. The smallest absolute Gasteiger partial charge is 0.119 e. The molecule has 1 rings (SSSR count). The molecule has 0 aromatic heterocycles. The molecule has 0 radical (unpaired) electrons. The molecule has 0 amide bonds. The first-order valence-electron chi connectivity index (χ1n) is 5.45. The fourth-order valence-corrected chi connectivity index (χ4v) is 1.67. The number of halogens is 2. The summed E-state index contributed by atoms with van der Waals surface area (Å²) in [4.78, 5) is 0. The van der Waals surface area contributed by atoms with Crippen molar-refractivity contribution >= 4 is 15.9 Å². The molecule has 0 aliphatic rings. The predicted molar refractivity (Wildman–Crippen MR) is 67.6 cm³/mol. The first kappa shape index (κ1) is 13.5. The Morgan fingerprint density at radius 2 is 2.25 bits per heavy atom. The van der Waals surface area contributed by atoms with Gasteiger partial charge in [-0.2, -0.15) is 0 Å². The Balaban J connectivity index is 2.58. The lowest BCUT2D eigenvalue weighted by molar-refractivity contribution is 0.289. The van der Waals surface area contributed by atoms with Crippen LogP contribution in [0.3, 0.4) is 0 Å². The zero-order chi connectivity index (χ0) is 11.8. The Morgan fingerprint density at radius 1 is 1.44 bits per heavy atom. The number of alkyl halides is 1. The zero-order valence-corrected chi connectivity index (χ0v) is 11.0. The summed E-state index contributed by atoms with van der Waals surface area (Å²) in [6.07, 6.45) is 0.443. The van der Waals surface area contributed by atoms with Gasteiger partial charge >= 0.3 is 0 Å². The molecule has 0 fully saturated rings. The third kappa shape index (κ3) is 4.49. The lowest BCUT2D eigenvalue weighted by Gasteiger charge is -2.09. The first-order chi connectivity index (χ1) is 7.77. The van der Waals surface area contributed by atoms with Crippen LogP contribution >= 0.6 is 15.9 Å². The fraction of sp³-hybridized carbons (Fsp3) is 0.500.